The Kier molecular flexibility index (Phi) is 7.57. The molecular weight excluding hydrogens is 356 g/mol. The maximum absolute atomic E-state index is 11.8. The van der Waals surface area contributed by atoms with Gasteiger partial charge in [0.15, 0.2) is 0 Å². The number of carbonyl (C=O) groups excluding carboxylic acids is 2. The number of urea groups is 1. The van der Waals surface area contributed by atoms with Gasteiger partial charge in [0, 0.05) is 24.0 Å². The lowest BCUT2D eigenvalue weighted by Crippen LogP contribution is -2.47. The van der Waals surface area contributed by atoms with Crippen molar-refractivity contribution >= 4 is 29.7 Å². The first-order valence-electron chi connectivity index (χ1n) is 9.27. The zero-order valence-corrected chi connectivity index (χ0v) is 16.1. The Labute approximate surface area is 158 Å². The van der Waals surface area contributed by atoms with Crippen LogP contribution < -0.4 is 21.7 Å². The summed E-state index contributed by atoms with van der Waals surface area (Å²) in [6, 6.07) is -0.724. The highest BCUT2D eigenvalue weighted by atomic mass is 32.2. The highest BCUT2D eigenvalue weighted by Gasteiger charge is 2.51. The molecule has 2 aliphatic rings. The molecular formula is C17H30N4O4S. The van der Waals surface area contributed by atoms with Crippen LogP contribution in [0.25, 0.3) is 0 Å². The van der Waals surface area contributed by atoms with Crippen LogP contribution in [-0.4, -0.2) is 58.2 Å². The van der Waals surface area contributed by atoms with Crippen LogP contribution in [-0.2, 0) is 9.59 Å². The van der Waals surface area contributed by atoms with E-state index in [-0.39, 0.29) is 23.5 Å². The van der Waals surface area contributed by atoms with E-state index < -0.39 is 12.0 Å². The molecule has 9 heteroatoms. The van der Waals surface area contributed by atoms with Crippen LogP contribution >= 0.6 is 11.8 Å². The second-order valence-corrected chi connectivity index (χ2v) is 8.61. The summed E-state index contributed by atoms with van der Waals surface area (Å²) >= 11 is 1.89. The van der Waals surface area contributed by atoms with E-state index in [0.29, 0.717) is 31.1 Å². The number of aliphatic carboxylic acids is 1. The van der Waals surface area contributed by atoms with E-state index in [0.717, 1.165) is 31.4 Å². The van der Waals surface area contributed by atoms with Crippen molar-refractivity contribution in [2.45, 2.75) is 74.7 Å². The molecule has 3 amide bonds. The molecule has 2 rings (SSSR count). The molecule has 2 heterocycles. The molecule has 148 valence electrons. The molecule has 8 nitrogen and oxygen atoms in total. The van der Waals surface area contributed by atoms with E-state index >= 15 is 0 Å². The number of nitrogens with two attached hydrogens (primary N) is 1. The number of hydrogen-bond acceptors (Lipinski definition) is 5. The molecule has 0 saturated carbocycles. The maximum atomic E-state index is 11.8. The van der Waals surface area contributed by atoms with Gasteiger partial charge in [-0.15, -0.1) is 0 Å². The van der Waals surface area contributed by atoms with Gasteiger partial charge >= 0.3 is 12.0 Å². The number of amides is 3. The summed E-state index contributed by atoms with van der Waals surface area (Å²) in [6.45, 7) is 2.64. The van der Waals surface area contributed by atoms with Crippen LogP contribution in [0.1, 0.15) is 51.9 Å². The fourth-order valence-corrected chi connectivity index (χ4v) is 5.20. The summed E-state index contributed by atoms with van der Waals surface area (Å²) in [4.78, 5) is 33.9. The molecule has 0 bridgehead atoms. The predicted octanol–water partition coefficient (Wildman–Crippen LogP) is 0.801. The summed E-state index contributed by atoms with van der Waals surface area (Å²) in [5.41, 5.74) is 5.28. The Morgan fingerprint density at radius 3 is 2.88 bits per heavy atom. The van der Waals surface area contributed by atoms with Crippen molar-refractivity contribution in [3.8, 4) is 0 Å². The molecule has 0 aromatic rings. The van der Waals surface area contributed by atoms with Crippen molar-refractivity contribution in [2.24, 2.45) is 5.73 Å². The quantitative estimate of drug-likeness (QED) is 0.263. The van der Waals surface area contributed by atoms with Gasteiger partial charge in [-0.1, -0.05) is 6.42 Å². The van der Waals surface area contributed by atoms with Crippen LogP contribution in [0.2, 0.25) is 0 Å². The Morgan fingerprint density at radius 1 is 1.38 bits per heavy atom. The van der Waals surface area contributed by atoms with E-state index in [4.69, 9.17) is 10.8 Å². The largest absolute Gasteiger partial charge is 0.480 e. The zero-order valence-electron chi connectivity index (χ0n) is 15.3. The summed E-state index contributed by atoms with van der Waals surface area (Å²) in [7, 11) is 0. The third kappa shape index (κ3) is 5.77. The number of rotatable bonds is 11. The van der Waals surface area contributed by atoms with Crippen molar-refractivity contribution in [3.63, 3.8) is 0 Å². The summed E-state index contributed by atoms with van der Waals surface area (Å²) in [5.74, 6) is -0.0254. The molecule has 2 fully saturated rings. The van der Waals surface area contributed by atoms with Gasteiger partial charge in [0.05, 0.1) is 11.6 Å². The lowest BCUT2D eigenvalue weighted by molar-refractivity contribution is -0.138. The molecule has 0 spiro atoms. The summed E-state index contributed by atoms with van der Waals surface area (Å²) < 4.78 is 0. The zero-order chi connectivity index (χ0) is 19.2. The second-order valence-electron chi connectivity index (χ2n) is 7.38. The number of carboxylic acids is 1. The minimum Gasteiger partial charge on any atom is -0.480 e. The molecule has 0 radical (unpaired) electrons. The predicted molar refractivity (Wildman–Crippen MR) is 101 cm³/mol. The smallest absolute Gasteiger partial charge is 0.320 e. The monoisotopic (exact) mass is 386 g/mol. The first-order valence-corrected chi connectivity index (χ1v) is 10.3. The topological polar surface area (TPSA) is 134 Å². The number of hydrogen-bond donors (Lipinski definition) is 5. The van der Waals surface area contributed by atoms with Gasteiger partial charge in [-0.25, -0.2) is 4.79 Å². The minimum absolute atomic E-state index is 0.0345. The van der Waals surface area contributed by atoms with Crippen LogP contribution in [0, 0.1) is 0 Å². The van der Waals surface area contributed by atoms with E-state index in [2.05, 4.69) is 22.9 Å². The molecule has 2 aliphatic heterocycles. The maximum Gasteiger partial charge on any atom is 0.320 e. The van der Waals surface area contributed by atoms with Crippen LogP contribution in [0.15, 0.2) is 0 Å². The number of unbranched alkanes of at least 4 members (excludes halogenated alkanes) is 2. The number of fused-ring (bicyclic) bond motifs is 1. The van der Waals surface area contributed by atoms with Crippen LogP contribution in [0.5, 0.6) is 0 Å². The first-order chi connectivity index (χ1) is 12.3. The van der Waals surface area contributed by atoms with E-state index in [1.807, 2.05) is 11.8 Å². The van der Waals surface area contributed by atoms with Gasteiger partial charge in [0.1, 0.15) is 6.04 Å². The Balaban J connectivity index is 1.50. The molecule has 0 aromatic carbocycles. The fraction of sp³-hybridized carbons (Fsp3) is 0.824. The first kappa shape index (κ1) is 20.8. The molecule has 0 aromatic heterocycles. The summed E-state index contributed by atoms with van der Waals surface area (Å²) in [6.07, 6.45) is 5.13. The van der Waals surface area contributed by atoms with Crippen molar-refractivity contribution in [1.29, 1.82) is 0 Å². The van der Waals surface area contributed by atoms with Crippen LogP contribution in [0.4, 0.5) is 4.79 Å². The molecule has 0 aliphatic carbocycles. The van der Waals surface area contributed by atoms with Gasteiger partial charge < -0.3 is 26.8 Å². The van der Waals surface area contributed by atoms with Gasteiger partial charge in [-0.2, -0.15) is 11.8 Å². The lowest BCUT2D eigenvalue weighted by atomic mass is 9.92. The third-order valence-corrected chi connectivity index (χ3v) is 6.77. The van der Waals surface area contributed by atoms with E-state index in [1.165, 1.54) is 0 Å². The summed E-state index contributed by atoms with van der Waals surface area (Å²) in [5, 5.41) is 18.0. The van der Waals surface area contributed by atoms with E-state index in [9.17, 15) is 14.4 Å². The standard InChI is InChI=1S/C17H30N4O4S/c1-17-10-26-12(14(17)20-16(25)21-17)7-2-3-8-13(22)19-9-5-4-6-11(18)15(23)24/h11-12,14H,2-10,18H2,1H3,(H,19,22)(H,23,24)(H2,20,21,25)/t11?,12?,14-,17+/m1/s1. The van der Waals surface area contributed by atoms with Gasteiger partial charge in [0.25, 0.3) is 0 Å². The van der Waals surface area contributed by atoms with Crippen LogP contribution in [0.3, 0.4) is 0 Å². The van der Waals surface area contributed by atoms with Crippen molar-refractivity contribution in [3.05, 3.63) is 0 Å². The number of carboxylic acid groups (broad SMARTS) is 1. The lowest BCUT2D eigenvalue weighted by Gasteiger charge is -2.23. The SMILES string of the molecule is C[C@]12CSC(CCCCC(=O)NCCCCC(N)C(=O)O)[C@H]1NC(=O)N2. The number of nitrogens with one attached hydrogen (secondary N) is 3. The normalized spacial score (nSPS) is 28.2. The average Bonchev–Trinajstić information content (AvgIpc) is 3.03. The Morgan fingerprint density at radius 2 is 2.15 bits per heavy atom. The number of carbonyl (C=O) groups is 3. The van der Waals surface area contributed by atoms with Gasteiger partial charge in [-0.05, 0) is 39.0 Å². The Hall–Kier alpha value is -1.48. The molecule has 6 N–H and O–H groups in total. The fourth-order valence-electron chi connectivity index (χ4n) is 3.49. The molecule has 26 heavy (non-hydrogen) atoms. The highest BCUT2D eigenvalue weighted by Crippen LogP contribution is 2.39. The average molecular weight is 387 g/mol. The van der Waals surface area contributed by atoms with Gasteiger partial charge in [-0.3, -0.25) is 9.59 Å². The van der Waals surface area contributed by atoms with Crippen molar-refractivity contribution in [2.75, 3.05) is 12.3 Å². The highest BCUT2D eigenvalue weighted by molar-refractivity contribution is 8.00. The molecule has 4 atom stereocenters. The van der Waals surface area contributed by atoms with Crippen molar-refractivity contribution < 1.29 is 19.5 Å². The second kappa shape index (κ2) is 9.45. The van der Waals surface area contributed by atoms with Gasteiger partial charge in [0.2, 0.25) is 5.91 Å². The number of thioether (sulfide) groups is 1. The third-order valence-electron chi connectivity index (χ3n) is 5.06. The van der Waals surface area contributed by atoms with E-state index in [1.54, 1.807) is 0 Å². The minimum atomic E-state index is -0.984. The Bertz CT molecular complexity index is 533. The van der Waals surface area contributed by atoms with Crippen molar-refractivity contribution in [1.82, 2.24) is 16.0 Å². The molecule has 2 saturated heterocycles. The molecule has 2 unspecified atom stereocenters.